The van der Waals surface area contributed by atoms with Crippen molar-refractivity contribution in [2.75, 3.05) is 13.1 Å². The Balaban J connectivity index is 1.93. The highest BCUT2D eigenvalue weighted by molar-refractivity contribution is 5.93. The van der Waals surface area contributed by atoms with Crippen molar-refractivity contribution in [1.82, 2.24) is 4.90 Å². The minimum Gasteiger partial charge on any atom is -0.323 e. The number of likely N-dealkylation sites (tertiary alicyclic amines) is 1. The predicted molar refractivity (Wildman–Crippen MR) is 77.9 cm³/mol. The second-order valence-corrected chi connectivity index (χ2v) is 4.82. The summed E-state index contributed by atoms with van der Waals surface area (Å²) in [4.78, 5) is 2.39. The van der Waals surface area contributed by atoms with Gasteiger partial charge in [-0.15, -0.1) is 0 Å². The largest absolute Gasteiger partial charge is 0.323 e. The lowest BCUT2D eigenvalue weighted by molar-refractivity contribution is 0.249. The predicted octanol–water partition coefficient (Wildman–Crippen LogP) is 2.41. The second kappa shape index (κ2) is 5.24. The first-order valence-corrected chi connectivity index (χ1v) is 6.48. The molecule has 1 fully saturated rings. The summed E-state index contributed by atoms with van der Waals surface area (Å²) < 4.78 is 0. The van der Waals surface area contributed by atoms with E-state index in [9.17, 15) is 0 Å². The van der Waals surface area contributed by atoms with Crippen LogP contribution in [0.15, 0.2) is 65.8 Å². The van der Waals surface area contributed by atoms with Crippen molar-refractivity contribution in [1.29, 1.82) is 0 Å². The van der Waals surface area contributed by atoms with Gasteiger partial charge in [0.2, 0.25) is 0 Å². The van der Waals surface area contributed by atoms with E-state index >= 15 is 0 Å². The van der Waals surface area contributed by atoms with Crippen LogP contribution in [0.2, 0.25) is 0 Å². The number of benzene rings is 2. The third-order valence-electron chi connectivity index (χ3n) is 3.55. The fourth-order valence-electron chi connectivity index (χ4n) is 2.57. The molecule has 0 saturated carbocycles. The van der Waals surface area contributed by atoms with E-state index in [4.69, 9.17) is 5.84 Å². The minimum atomic E-state index is 0.285. The quantitative estimate of drug-likeness (QED) is 0.672. The summed E-state index contributed by atoms with van der Waals surface area (Å²) in [6, 6.07) is 21.4. The summed E-state index contributed by atoms with van der Waals surface area (Å²) in [5.41, 5.74) is 3.69. The van der Waals surface area contributed by atoms with Gasteiger partial charge in [0.15, 0.2) is 0 Å². The van der Waals surface area contributed by atoms with Gasteiger partial charge < -0.3 is 5.84 Å². The fraction of sp³-hybridized carbons (Fsp3) is 0.188. The van der Waals surface area contributed by atoms with Gasteiger partial charge >= 0.3 is 0 Å². The first kappa shape index (κ1) is 11.9. The summed E-state index contributed by atoms with van der Waals surface area (Å²) >= 11 is 0. The van der Waals surface area contributed by atoms with Crippen molar-refractivity contribution in [3.05, 3.63) is 71.8 Å². The molecule has 0 amide bonds. The maximum Gasteiger partial charge on any atom is 0.0656 e. The molecular weight excluding hydrogens is 234 g/mol. The molecule has 19 heavy (non-hydrogen) atoms. The highest BCUT2D eigenvalue weighted by atomic mass is 15.3. The minimum absolute atomic E-state index is 0.285. The molecule has 0 atom stereocenters. The molecule has 0 aromatic heterocycles. The number of hydrogen-bond acceptors (Lipinski definition) is 3. The van der Waals surface area contributed by atoms with E-state index in [2.05, 4.69) is 70.7 Å². The van der Waals surface area contributed by atoms with Gasteiger partial charge in [0.1, 0.15) is 0 Å². The zero-order chi connectivity index (χ0) is 13.1. The molecule has 1 aliphatic heterocycles. The van der Waals surface area contributed by atoms with E-state index in [0.717, 1.165) is 18.8 Å². The van der Waals surface area contributed by atoms with Gasteiger partial charge in [-0.05, 0) is 11.1 Å². The second-order valence-electron chi connectivity index (χ2n) is 4.82. The Hall–Kier alpha value is -2.13. The molecular formula is C16H17N3. The summed E-state index contributed by atoms with van der Waals surface area (Å²) in [7, 11) is 0. The van der Waals surface area contributed by atoms with Crippen LogP contribution in [-0.2, 0) is 0 Å². The summed E-state index contributed by atoms with van der Waals surface area (Å²) in [6.07, 6.45) is 0. The lowest BCUT2D eigenvalue weighted by Crippen LogP contribution is -2.49. The van der Waals surface area contributed by atoms with E-state index in [1.165, 1.54) is 11.1 Å². The zero-order valence-electron chi connectivity index (χ0n) is 10.7. The van der Waals surface area contributed by atoms with E-state index < -0.39 is 0 Å². The molecule has 96 valence electrons. The molecule has 0 spiro atoms. The Morgan fingerprint density at radius 1 is 0.842 bits per heavy atom. The van der Waals surface area contributed by atoms with Gasteiger partial charge in [-0.2, -0.15) is 5.10 Å². The Morgan fingerprint density at radius 2 is 1.32 bits per heavy atom. The van der Waals surface area contributed by atoms with Crippen LogP contribution in [-0.4, -0.2) is 23.7 Å². The highest BCUT2D eigenvalue weighted by Crippen LogP contribution is 2.31. The number of nitrogens with zero attached hydrogens (tertiary/aromatic N) is 2. The Kier molecular flexibility index (Phi) is 3.29. The molecule has 3 heteroatoms. The molecule has 2 aromatic carbocycles. The van der Waals surface area contributed by atoms with Crippen molar-refractivity contribution < 1.29 is 0 Å². The van der Waals surface area contributed by atoms with Crippen LogP contribution < -0.4 is 5.84 Å². The van der Waals surface area contributed by atoms with E-state index in [-0.39, 0.29) is 6.04 Å². The zero-order valence-corrected chi connectivity index (χ0v) is 10.7. The van der Waals surface area contributed by atoms with Gasteiger partial charge in [-0.3, -0.25) is 4.90 Å². The van der Waals surface area contributed by atoms with Gasteiger partial charge in [-0.1, -0.05) is 60.7 Å². The normalized spacial score (nSPS) is 15.3. The smallest absolute Gasteiger partial charge is 0.0656 e. The standard InChI is InChI=1S/C16H17N3/c17-18-15-11-19(12-15)16(13-7-3-1-4-8-13)14-9-5-2-6-10-14/h1-10,16H,11-12,17H2. The number of rotatable bonds is 3. The number of hydrogen-bond donors (Lipinski definition) is 1. The lowest BCUT2D eigenvalue weighted by atomic mass is 9.94. The molecule has 0 radical (unpaired) electrons. The van der Waals surface area contributed by atoms with Crippen molar-refractivity contribution in [2.45, 2.75) is 6.04 Å². The lowest BCUT2D eigenvalue weighted by Gasteiger charge is -2.39. The molecule has 1 aliphatic rings. The van der Waals surface area contributed by atoms with Crippen molar-refractivity contribution in [3.63, 3.8) is 0 Å². The van der Waals surface area contributed by atoms with Crippen molar-refractivity contribution >= 4 is 5.71 Å². The van der Waals surface area contributed by atoms with Gasteiger partial charge in [0.05, 0.1) is 11.8 Å². The maximum atomic E-state index is 5.33. The fourth-order valence-corrected chi connectivity index (χ4v) is 2.57. The van der Waals surface area contributed by atoms with Crippen LogP contribution in [0.3, 0.4) is 0 Å². The van der Waals surface area contributed by atoms with Crippen LogP contribution >= 0.6 is 0 Å². The molecule has 2 aromatic rings. The average molecular weight is 251 g/mol. The molecule has 1 saturated heterocycles. The summed E-state index contributed by atoms with van der Waals surface area (Å²) in [6.45, 7) is 1.70. The number of nitrogens with two attached hydrogens (primary N) is 1. The van der Waals surface area contributed by atoms with Crippen LogP contribution in [0.25, 0.3) is 0 Å². The first-order valence-electron chi connectivity index (χ1n) is 6.48. The monoisotopic (exact) mass is 251 g/mol. The molecule has 3 nitrogen and oxygen atoms in total. The van der Waals surface area contributed by atoms with Crippen LogP contribution in [0.4, 0.5) is 0 Å². The molecule has 0 unspecified atom stereocenters. The SMILES string of the molecule is NN=C1CN(C(c2ccccc2)c2ccccc2)C1. The molecule has 3 rings (SSSR count). The Morgan fingerprint density at radius 3 is 1.74 bits per heavy atom. The summed E-state index contributed by atoms with van der Waals surface area (Å²) in [5.74, 6) is 5.33. The van der Waals surface area contributed by atoms with Crippen LogP contribution in [0, 0.1) is 0 Å². The Labute approximate surface area is 113 Å². The van der Waals surface area contributed by atoms with Gasteiger partial charge in [0.25, 0.3) is 0 Å². The average Bonchev–Trinajstić information content (AvgIpc) is 2.44. The van der Waals surface area contributed by atoms with Crippen LogP contribution in [0.5, 0.6) is 0 Å². The molecule has 2 N–H and O–H groups in total. The van der Waals surface area contributed by atoms with Crippen molar-refractivity contribution in [2.24, 2.45) is 10.9 Å². The van der Waals surface area contributed by atoms with Crippen molar-refractivity contribution in [3.8, 4) is 0 Å². The molecule has 0 bridgehead atoms. The molecule has 1 heterocycles. The van der Waals surface area contributed by atoms with Crippen LogP contribution in [0.1, 0.15) is 17.2 Å². The highest BCUT2D eigenvalue weighted by Gasteiger charge is 2.30. The third-order valence-corrected chi connectivity index (χ3v) is 3.55. The van der Waals surface area contributed by atoms with E-state index in [1.807, 2.05) is 0 Å². The Bertz CT molecular complexity index is 516. The third kappa shape index (κ3) is 2.37. The summed E-state index contributed by atoms with van der Waals surface area (Å²) in [5, 5.41) is 3.79. The van der Waals surface area contributed by atoms with Gasteiger partial charge in [0, 0.05) is 13.1 Å². The van der Waals surface area contributed by atoms with E-state index in [1.54, 1.807) is 0 Å². The first-order chi connectivity index (χ1) is 9.38. The maximum absolute atomic E-state index is 5.33. The van der Waals surface area contributed by atoms with E-state index in [0.29, 0.717) is 0 Å². The number of hydrazone groups is 1. The molecule has 0 aliphatic carbocycles. The topological polar surface area (TPSA) is 41.6 Å². The van der Waals surface area contributed by atoms with Gasteiger partial charge in [-0.25, -0.2) is 0 Å².